The van der Waals surface area contributed by atoms with Crippen molar-refractivity contribution in [1.82, 2.24) is 4.90 Å². The zero-order valence-corrected chi connectivity index (χ0v) is 14.3. The van der Waals surface area contributed by atoms with E-state index in [4.69, 9.17) is 22.1 Å². The van der Waals surface area contributed by atoms with Crippen LogP contribution in [0.5, 0.6) is 5.75 Å². The molecule has 1 unspecified atom stereocenters. The average molecular weight is 349 g/mol. The van der Waals surface area contributed by atoms with Gasteiger partial charge in [-0.1, -0.05) is 35.9 Å². The van der Waals surface area contributed by atoms with Gasteiger partial charge in [0.05, 0.1) is 5.02 Å². The molecule has 0 amide bonds. The maximum absolute atomic E-state index is 13.9. The Hall–Kier alpha value is -1.62. The number of ether oxygens (including phenoxy) is 1. The van der Waals surface area contributed by atoms with Gasteiger partial charge in [-0.25, -0.2) is 4.39 Å². The first-order valence-corrected chi connectivity index (χ1v) is 8.61. The van der Waals surface area contributed by atoms with Crippen molar-refractivity contribution >= 4 is 11.6 Å². The third-order valence-corrected chi connectivity index (χ3v) is 4.86. The lowest BCUT2D eigenvalue weighted by molar-refractivity contribution is 0.278. The van der Waals surface area contributed by atoms with Crippen LogP contribution in [0.2, 0.25) is 5.02 Å². The van der Waals surface area contributed by atoms with Crippen LogP contribution in [0.15, 0.2) is 42.5 Å². The molecule has 1 atom stereocenters. The Labute approximate surface area is 147 Å². The van der Waals surface area contributed by atoms with E-state index in [0.717, 1.165) is 43.9 Å². The van der Waals surface area contributed by atoms with E-state index < -0.39 is 0 Å². The first-order valence-electron chi connectivity index (χ1n) is 8.23. The van der Waals surface area contributed by atoms with Crippen LogP contribution >= 0.6 is 11.6 Å². The van der Waals surface area contributed by atoms with Crippen molar-refractivity contribution in [2.45, 2.75) is 19.6 Å². The molecule has 2 aromatic rings. The van der Waals surface area contributed by atoms with Gasteiger partial charge >= 0.3 is 0 Å². The minimum atomic E-state index is -0.342. The van der Waals surface area contributed by atoms with Gasteiger partial charge in [0.1, 0.15) is 18.2 Å². The van der Waals surface area contributed by atoms with Crippen LogP contribution in [0.4, 0.5) is 4.39 Å². The molecule has 1 aliphatic rings. The number of halogens is 2. The highest BCUT2D eigenvalue weighted by atomic mass is 35.5. The second kappa shape index (κ2) is 7.97. The molecular formula is C19H22ClFN2O. The summed E-state index contributed by atoms with van der Waals surface area (Å²) in [7, 11) is 0. The zero-order chi connectivity index (χ0) is 16.9. The fraction of sp³-hybridized carbons (Fsp3) is 0.368. The Morgan fingerprint density at radius 3 is 2.79 bits per heavy atom. The Morgan fingerprint density at radius 1 is 1.21 bits per heavy atom. The number of hydrogen-bond donors (Lipinski definition) is 1. The Kier molecular flexibility index (Phi) is 5.72. The molecule has 1 aliphatic heterocycles. The summed E-state index contributed by atoms with van der Waals surface area (Å²) in [5.41, 5.74) is 7.25. The van der Waals surface area contributed by atoms with Crippen LogP contribution in [0, 0.1) is 11.7 Å². The highest BCUT2D eigenvalue weighted by molar-refractivity contribution is 6.31. The molecule has 0 bridgehead atoms. The lowest BCUT2D eigenvalue weighted by Gasteiger charge is -2.18. The first kappa shape index (κ1) is 17.2. The molecular weight excluding hydrogens is 327 g/mol. The summed E-state index contributed by atoms with van der Waals surface area (Å²) in [6.45, 7) is 3.74. The molecule has 0 saturated carbocycles. The van der Waals surface area contributed by atoms with Gasteiger partial charge in [-0.15, -0.1) is 0 Å². The van der Waals surface area contributed by atoms with E-state index in [1.165, 1.54) is 6.07 Å². The summed E-state index contributed by atoms with van der Waals surface area (Å²) in [5.74, 6) is 1.01. The molecule has 24 heavy (non-hydrogen) atoms. The van der Waals surface area contributed by atoms with Crippen molar-refractivity contribution in [3.05, 3.63) is 64.4 Å². The first-order chi connectivity index (χ1) is 11.7. The van der Waals surface area contributed by atoms with Crippen molar-refractivity contribution in [3.63, 3.8) is 0 Å². The molecule has 2 aromatic carbocycles. The van der Waals surface area contributed by atoms with Crippen LogP contribution in [0.3, 0.4) is 0 Å². The van der Waals surface area contributed by atoms with Crippen LogP contribution in [-0.2, 0) is 13.2 Å². The fourth-order valence-corrected chi connectivity index (χ4v) is 3.30. The van der Waals surface area contributed by atoms with Gasteiger partial charge in [-0.2, -0.15) is 0 Å². The molecule has 1 heterocycles. The van der Waals surface area contributed by atoms with E-state index in [1.54, 1.807) is 12.1 Å². The third kappa shape index (κ3) is 4.07. The van der Waals surface area contributed by atoms with Gasteiger partial charge < -0.3 is 10.5 Å². The second-order valence-corrected chi connectivity index (χ2v) is 6.63. The summed E-state index contributed by atoms with van der Waals surface area (Å²) in [6.07, 6.45) is 1.14. The van der Waals surface area contributed by atoms with E-state index in [9.17, 15) is 4.39 Å². The molecule has 5 heteroatoms. The SMILES string of the molecule is NCC1CCN(Cc2ccccc2OCc2c(F)cccc2Cl)C1. The summed E-state index contributed by atoms with van der Waals surface area (Å²) in [4.78, 5) is 2.38. The van der Waals surface area contributed by atoms with E-state index in [-0.39, 0.29) is 12.4 Å². The molecule has 0 aromatic heterocycles. The largest absolute Gasteiger partial charge is 0.488 e. The lowest BCUT2D eigenvalue weighted by Crippen LogP contribution is -2.23. The summed E-state index contributed by atoms with van der Waals surface area (Å²) in [6, 6.07) is 12.5. The number of benzene rings is 2. The normalized spacial score (nSPS) is 18.0. The highest BCUT2D eigenvalue weighted by Crippen LogP contribution is 2.26. The van der Waals surface area contributed by atoms with Crippen molar-refractivity contribution in [3.8, 4) is 5.75 Å². The quantitative estimate of drug-likeness (QED) is 0.862. The molecule has 3 nitrogen and oxygen atoms in total. The van der Waals surface area contributed by atoms with E-state index in [0.29, 0.717) is 16.5 Å². The van der Waals surface area contributed by atoms with Gasteiger partial charge in [0.2, 0.25) is 0 Å². The number of likely N-dealkylation sites (tertiary alicyclic amines) is 1. The Morgan fingerprint density at radius 2 is 2.04 bits per heavy atom. The van der Waals surface area contributed by atoms with Gasteiger partial charge in [-0.05, 0) is 43.6 Å². The van der Waals surface area contributed by atoms with Crippen molar-refractivity contribution in [1.29, 1.82) is 0 Å². The summed E-state index contributed by atoms with van der Waals surface area (Å²) in [5, 5.41) is 0.387. The van der Waals surface area contributed by atoms with Crippen LogP contribution in [0.1, 0.15) is 17.5 Å². The zero-order valence-electron chi connectivity index (χ0n) is 13.6. The summed E-state index contributed by atoms with van der Waals surface area (Å²) >= 11 is 6.06. The van der Waals surface area contributed by atoms with Crippen LogP contribution < -0.4 is 10.5 Å². The van der Waals surface area contributed by atoms with Gasteiger partial charge in [0, 0.05) is 24.2 Å². The molecule has 1 fully saturated rings. The predicted molar refractivity (Wildman–Crippen MR) is 94.6 cm³/mol. The minimum Gasteiger partial charge on any atom is -0.488 e. The average Bonchev–Trinajstić information content (AvgIpc) is 3.03. The van der Waals surface area contributed by atoms with Gasteiger partial charge in [0.15, 0.2) is 0 Å². The van der Waals surface area contributed by atoms with Crippen molar-refractivity contribution in [2.24, 2.45) is 11.7 Å². The van der Waals surface area contributed by atoms with E-state index in [1.807, 2.05) is 24.3 Å². The molecule has 0 aliphatic carbocycles. The number of nitrogens with two attached hydrogens (primary N) is 1. The minimum absolute atomic E-state index is 0.119. The van der Waals surface area contributed by atoms with Crippen molar-refractivity contribution < 1.29 is 9.13 Å². The number of rotatable bonds is 6. The smallest absolute Gasteiger partial charge is 0.131 e. The lowest BCUT2D eigenvalue weighted by atomic mass is 10.1. The molecule has 3 rings (SSSR count). The van der Waals surface area contributed by atoms with E-state index in [2.05, 4.69) is 4.90 Å². The molecule has 0 spiro atoms. The van der Waals surface area contributed by atoms with Gasteiger partial charge in [0.25, 0.3) is 0 Å². The third-order valence-electron chi connectivity index (χ3n) is 4.50. The number of nitrogens with zero attached hydrogens (tertiary/aromatic N) is 1. The van der Waals surface area contributed by atoms with Crippen LogP contribution in [-0.4, -0.2) is 24.5 Å². The van der Waals surface area contributed by atoms with Crippen molar-refractivity contribution in [2.75, 3.05) is 19.6 Å². The summed E-state index contributed by atoms with van der Waals surface area (Å²) < 4.78 is 19.8. The predicted octanol–water partition coefficient (Wildman–Crippen LogP) is 3.84. The standard InChI is InChI=1S/C19H22ClFN2O/c20-17-5-3-6-18(21)16(17)13-24-19-7-2-1-4-15(19)12-23-9-8-14(10-22)11-23/h1-7,14H,8-13,22H2. The Bertz CT molecular complexity index is 675. The molecule has 128 valence electrons. The van der Waals surface area contributed by atoms with Gasteiger partial charge in [-0.3, -0.25) is 4.90 Å². The molecule has 0 radical (unpaired) electrons. The molecule has 2 N–H and O–H groups in total. The molecule has 1 saturated heterocycles. The second-order valence-electron chi connectivity index (χ2n) is 6.22. The maximum atomic E-state index is 13.9. The Balaban J connectivity index is 1.68. The number of hydrogen-bond acceptors (Lipinski definition) is 3. The fourth-order valence-electron chi connectivity index (χ4n) is 3.09. The monoisotopic (exact) mass is 348 g/mol. The van der Waals surface area contributed by atoms with E-state index >= 15 is 0 Å². The highest BCUT2D eigenvalue weighted by Gasteiger charge is 2.22. The number of para-hydroxylation sites is 1. The maximum Gasteiger partial charge on any atom is 0.131 e. The van der Waals surface area contributed by atoms with Crippen LogP contribution in [0.25, 0.3) is 0 Å². The topological polar surface area (TPSA) is 38.5 Å².